The Kier molecular flexibility index (Phi) is 8.62. The maximum absolute atomic E-state index is 14.6. The van der Waals surface area contributed by atoms with Crippen molar-refractivity contribution in [1.29, 1.82) is 0 Å². The van der Waals surface area contributed by atoms with Crippen LogP contribution in [0.1, 0.15) is 37.3 Å². The Balaban J connectivity index is 0.00000132. The van der Waals surface area contributed by atoms with Crippen molar-refractivity contribution < 1.29 is 9.13 Å². The van der Waals surface area contributed by atoms with Gasteiger partial charge in [-0.15, -0.1) is 24.8 Å². The zero-order valence-electron chi connectivity index (χ0n) is 13.6. The Hall–Kier alpha value is -0.550. The number of halogens is 3. The zero-order valence-corrected chi connectivity index (χ0v) is 15.2. The maximum atomic E-state index is 14.6. The zero-order chi connectivity index (χ0) is 14.7. The van der Waals surface area contributed by atoms with Gasteiger partial charge in [0.25, 0.3) is 0 Å². The van der Waals surface area contributed by atoms with E-state index in [-0.39, 0.29) is 36.7 Å². The Morgan fingerprint density at radius 3 is 2.43 bits per heavy atom. The monoisotopic (exact) mass is 364 g/mol. The van der Waals surface area contributed by atoms with Crippen LogP contribution in [-0.4, -0.2) is 38.2 Å². The molecule has 1 aliphatic heterocycles. The fourth-order valence-electron chi connectivity index (χ4n) is 3.93. The summed E-state index contributed by atoms with van der Waals surface area (Å²) in [5.41, 5.74) is 0.772. The number of nitrogens with zero attached hydrogens (tertiary/aromatic N) is 1. The molecule has 1 saturated heterocycles. The molecule has 0 spiro atoms. The Bertz CT molecular complexity index is 478. The van der Waals surface area contributed by atoms with Gasteiger partial charge in [-0.2, -0.15) is 0 Å². The number of hydrogen-bond donors (Lipinski definition) is 1. The van der Waals surface area contributed by atoms with E-state index in [1.54, 1.807) is 19.2 Å². The summed E-state index contributed by atoms with van der Waals surface area (Å²) in [7, 11) is 1.64. The van der Waals surface area contributed by atoms with Gasteiger partial charge < -0.3 is 10.1 Å². The minimum atomic E-state index is -0.121. The summed E-state index contributed by atoms with van der Waals surface area (Å²) >= 11 is 0. The van der Waals surface area contributed by atoms with Gasteiger partial charge in [-0.1, -0.05) is 18.9 Å². The molecular weight excluding hydrogens is 338 g/mol. The van der Waals surface area contributed by atoms with Crippen molar-refractivity contribution in [3.8, 4) is 5.75 Å². The maximum Gasteiger partial charge on any atom is 0.131 e. The van der Waals surface area contributed by atoms with Crippen molar-refractivity contribution >= 4 is 24.8 Å². The van der Waals surface area contributed by atoms with E-state index >= 15 is 0 Å². The summed E-state index contributed by atoms with van der Waals surface area (Å²) in [6.07, 6.45) is 4.94. The Morgan fingerprint density at radius 2 is 1.83 bits per heavy atom. The van der Waals surface area contributed by atoms with Gasteiger partial charge in [-0.3, -0.25) is 4.90 Å². The number of methoxy groups -OCH3 is 1. The van der Waals surface area contributed by atoms with Gasteiger partial charge in [0.2, 0.25) is 0 Å². The molecule has 3 rings (SSSR count). The van der Waals surface area contributed by atoms with Gasteiger partial charge in [0.15, 0.2) is 0 Å². The van der Waals surface area contributed by atoms with Gasteiger partial charge in [-0.25, -0.2) is 4.39 Å². The van der Waals surface area contributed by atoms with Crippen LogP contribution in [0.2, 0.25) is 0 Å². The number of hydrogen-bond acceptors (Lipinski definition) is 3. The highest BCUT2D eigenvalue weighted by Crippen LogP contribution is 2.43. The average Bonchev–Trinajstić information content (AvgIpc) is 3.04. The fraction of sp³-hybridized carbons (Fsp3) is 0.647. The van der Waals surface area contributed by atoms with Crippen LogP contribution < -0.4 is 10.1 Å². The molecule has 1 aliphatic carbocycles. The molecule has 1 aromatic rings. The van der Waals surface area contributed by atoms with Gasteiger partial charge in [0.05, 0.1) is 7.11 Å². The quantitative estimate of drug-likeness (QED) is 0.878. The minimum absolute atomic E-state index is 0. The molecule has 132 valence electrons. The second-order valence-corrected chi connectivity index (χ2v) is 6.13. The molecule has 2 aliphatic rings. The minimum Gasteiger partial charge on any atom is -0.496 e. The van der Waals surface area contributed by atoms with Crippen LogP contribution in [-0.2, 0) is 0 Å². The average molecular weight is 365 g/mol. The highest BCUT2D eigenvalue weighted by Gasteiger charge is 2.35. The Morgan fingerprint density at radius 1 is 1.17 bits per heavy atom. The largest absolute Gasteiger partial charge is 0.496 e. The van der Waals surface area contributed by atoms with Gasteiger partial charge in [0.1, 0.15) is 11.6 Å². The molecule has 0 radical (unpaired) electrons. The van der Waals surface area contributed by atoms with Crippen molar-refractivity contribution in [2.45, 2.75) is 31.7 Å². The van der Waals surface area contributed by atoms with Gasteiger partial charge >= 0.3 is 0 Å². The van der Waals surface area contributed by atoms with Crippen molar-refractivity contribution in [2.24, 2.45) is 5.92 Å². The van der Waals surface area contributed by atoms with Crippen LogP contribution >= 0.6 is 24.8 Å². The lowest BCUT2D eigenvalue weighted by molar-refractivity contribution is 0.120. The molecule has 0 unspecified atom stereocenters. The summed E-state index contributed by atoms with van der Waals surface area (Å²) in [4.78, 5) is 2.45. The molecule has 1 aromatic carbocycles. The molecule has 2 fully saturated rings. The molecule has 0 aromatic heterocycles. The molecule has 0 bridgehead atoms. The normalized spacial score (nSPS) is 20.4. The topological polar surface area (TPSA) is 24.5 Å². The van der Waals surface area contributed by atoms with E-state index < -0.39 is 0 Å². The van der Waals surface area contributed by atoms with Crippen LogP contribution in [0.15, 0.2) is 18.2 Å². The number of rotatable bonds is 4. The molecule has 1 heterocycles. The van der Waals surface area contributed by atoms with E-state index in [1.807, 2.05) is 6.07 Å². The first kappa shape index (κ1) is 20.5. The second kappa shape index (κ2) is 9.67. The highest BCUT2D eigenvalue weighted by atomic mass is 35.5. The van der Waals surface area contributed by atoms with E-state index in [1.165, 1.54) is 25.7 Å². The summed E-state index contributed by atoms with van der Waals surface area (Å²) in [6, 6.07) is 5.36. The van der Waals surface area contributed by atoms with E-state index in [9.17, 15) is 4.39 Å². The number of benzene rings is 1. The van der Waals surface area contributed by atoms with Crippen LogP contribution in [0, 0.1) is 11.7 Å². The van der Waals surface area contributed by atoms with Crippen molar-refractivity contribution in [2.75, 3.05) is 33.3 Å². The smallest absolute Gasteiger partial charge is 0.131 e. The Labute approximate surface area is 150 Å². The van der Waals surface area contributed by atoms with Crippen LogP contribution in [0.3, 0.4) is 0 Å². The number of nitrogens with one attached hydrogen (secondary N) is 1. The number of piperazine rings is 1. The SMILES string of the molecule is COc1cccc(F)c1[C@@H](C1CCCC1)N1CCNCC1.Cl.Cl. The lowest BCUT2D eigenvalue weighted by atomic mass is 9.88. The lowest BCUT2D eigenvalue weighted by Gasteiger charge is -2.39. The summed E-state index contributed by atoms with van der Waals surface area (Å²) in [6.45, 7) is 3.94. The molecular formula is C17H27Cl2FN2O. The molecule has 23 heavy (non-hydrogen) atoms. The van der Waals surface area contributed by atoms with E-state index in [0.29, 0.717) is 11.7 Å². The van der Waals surface area contributed by atoms with Crippen LogP contribution in [0.4, 0.5) is 4.39 Å². The molecule has 6 heteroatoms. The third-order valence-electron chi connectivity index (χ3n) is 4.92. The first-order valence-electron chi connectivity index (χ1n) is 8.08. The van der Waals surface area contributed by atoms with Crippen LogP contribution in [0.25, 0.3) is 0 Å². The first-order valence-corrected chi connectivity index (χ1v) is 8.08. The molecule has 1 N–H and O–H groups in total. The standard InChI is InChI=1S/C17H25FN2O.2ClH/c1-21-15-8-4-7-14(18)16(15)17(13-5-2-3-6-13)20-11-9-19-10-12-20;;/h4,7-8,13,17,19H,2-3,5-6,9-12H2,1H3;2*1H/t17-;;/m1../s1. The van der Waals surface area contributed by atoms with Crippen LogP contribution in [0.5, 0.6) is 5.75 Å². The van der Waals surface area contributed by atoms with Gasteiger partial charge in [-0.05, 0) is 30.9 Å². The predicted molar refractivity (Wildman–Crippen MR) is 96.6 cm³/mol. The lowest BCUT2D eigenvalue weighted by Crippen LogP contribution is -2.47. The molecule has 3 nitrogen and oxygen atoms in total. The molecule has 1 atom stereocenters. The van der Waals surface area contributed by atoms with Crippen molar-refractivity contribution in [1.82, 2.24) is 10.2 Å². The molecule has 1 saturated carbocycles. The third kappa shape index (κ3) is 4.50. The fourth-order valence-corrected chi connectivity index (χ4v) is 3.93. The second-order valence-electron chi connectivity index (χ2n) is 6.13. The van der Waals surface area contributed by atoms with Gasteiger partial charge in [0, 0.05) is 37.8 Å². The first-order chi connectivity index (χ1) is 10.3. The summed E-state index contributed by atoms with van der Waals surface area (Å²) in [5.74, 6) is 1.13. The summed E-state index contributed by atoms with van der Waals surface area (Å²) in [5, 5.41) is 3.39. The van der Waals surface area contributed by atoms with E-state index in [4.69, 9.17) is 4.74 Å². The van der Waals surface area contributed by atoms with E-state index in [0.717, 1.165) is 31.7 Å². The third-order valence-corrected chi connectivity index (χ3v) is 4.92. The van der Waals surface area contributed by atoms with Crippen molar-refractivity contribution in [3.05, 3.63) is 29.6 Å². The highest BCUT2D eigenvalue weighted by molar-refractivity contribution is 5.85. The predicted octanol–water partition coefficient (Wildman–Crippen LogP) is 3.81. The van der Waals surface area contributed by atoms with E-state index in [2.05, 4.69) is 10.2 Å². The summed E-state index contributed by atoms with van der Waals surface area (Å²) < 4.78 is 20.0. The van der Waals surface area contributed by atoms with Crippen molar-refractivity contribution in [3.63, 3.8) is 0 Å². The molecule has 0 amide bonds. The number of ether oxygens (including phenoxy) is 1.